The van der Waals surface area contributed by atoms with Crippen LogP contribution in [-0.4, -0.2) is 11.6 Å². The molecule has 0 aromatic heterocycles. The van der Waals surface area contributed by atoms with Crippen molar-refractivity contribution < 1.29 is 9.59 Å². The molecule has 4 unspecified atom stereocenters. The van der Waals surface area contributed by atoms with E-state index < -0.39 is 0 Å². The smallest absolute Gasteiger partial charge is 0.133 e. The molecule has 0 aliphatic heterocycles. The van der Waals surface area contributed by atoms with Crippen molar-refractivity contribution in [1.82, 2.24) is 0 Å². The monoisotopic (exact) mass is 306 g/mol. The largest absolute Gasteiger partial charge is 0.300 e. The van der Waals surface area contributed by atoms with Crippen LogP contribution in [0.5, 0.6) is 0 Å². The predicted octanol–water partition coefficient (Wildman–Crippen LogP) is 5.05. The molecule has 4 atom stereocenters. The normalized spacial score (nSPS) is 35.4. The maximum atomic E-state index is 11.6. The summed E-state index contributed by atoms with van der Waals surface area (Å²) in [6, 6.07) is 0. The Bertz CT molecular complexity index is 405. The van der Waals surface area contributed by atoms with E-state index in [1.165, 1.54) is 25.7 Å². The minimum Gasteiger partial charge on any atom is -0.300 e. The Morgan fingerprint density at radius 2 is 1.09 bits per heavy atom. The van der Waals surface area contributed by atoms with Crippen molar-refractivity contribution in [3.05, 3.63) is 0 Å². The van der Waals surface area contributed by atoms with Gasteiger partial charge in [0.1, 0.15) is 11.6 Å². The molecule has 2 saturated carbocycles. The lowest BCUT2D eigenvalue weighted by molar-refractivity contribution is -0.138. The fourth-order valence-corrected chi connectivity index (χ4v) is 5.17. The minimum atomic E-state index is 0.210. The molecule has 0 aromatic rings. The molecule has 2 rings (SSSR count). The Balaban J connectivity index is 1.67. The average molecular weight is 306 g/mol. The standard InChI is InChI=1S/C20H34O2/c1-13(21)17-11-15(19(17,3)4)9-7-8-10-16-12-18(14(2)22)20(16,5)6/h15-18H,7-12H2,1-6H3. The molecular formula is C20H34O2. The summed E-state index contributed by atoms with van der Waals surface area (Å²) >= 11 is 0. The van der Waals surface area contributed by atoms with Gasteiger partial charge in [0.2, 0.25) is 0 Å². The van der Waals surface area contributed by atoms with Gasteiger partial charge in [-0.25, -0.2) is 0 Å². The van der Waals surface area contributed by atoms with E-state index >= 15 is 0 Å². The van der Waals surface area contributed by atoms with Crippen molar-refractivity contribution in [2.75, 3.05) is 0 Å². The summed E-state index contributed by atoms with van der Waals surface area (Å²) in [6.45, 7) is 12.5. The summed E-state index contributed by atoms with van der Waals surface area (Å²) in [5.74, 6) is 2.76. The maximum absolute atomic E-state index is 11.6. The molecule has 0 amide bonds. The number of hydrogen-bond donors (Lipinski definition) is 0. The summed E-state index contributed by atoms with van der Waals surface area (Å²) in [5.41, 5.74) is 0.419. The number of ketones is 2. The van der Waals surface area contributed by atoms with Gasteiger partial charge >= 0.3 is 0 Å². The maximum Gasteiger partial charge on any atom is 0.133 e. The zero-order valence-electron chi connectivity index (χ0n) is 15.4. The molecule has 0 spiro atoms. The van der Waals surface area contributed by atoms with Crippen LogP contribution in [0.15, 0.2) is 0 Å². The first-order chi connectivity index (χ1) is 10.1. The molecule has 0 radical (unpaired) electrons. The fraction of sp³-hybridized carbons (Fsp3) is 0.900. The van der Waals surface area contributed by atoms with Crippen molar-refractivity contribution in [3.8, 4) is 0 Å². The van der Waals surface area contributed by atoms with Gasteiger partial charge in [-0.3, -0.25) is 9.59 Å². The lowest BCUT2D eigenvalue weighted by atomic mass is 9.51. The van der Waals surface area contributed by atoms with Gasteiger partial charge in [0.25, 0.3) is 0 Å². The molecule has 126 valence electrons. The summed E-state index contributed by atoms with van der Waals surface area (Å²) < 4.78 is 0. The van der Waals surface area contributed by atoms with E-state index in [1.54, 1.807) is 13.8 Å². The van der Waals surface area contributed by atoms with Crippen LogP contribution in [-0.2, 0) is 9.59 Å². The van der Waals surface area contributed by atoms with E-state index in [0.717, 1.165) is 24.7 Å². The van der Waals surface area contributed by atoms with Gasteiger partial charge in [0.05, 0.1) is 0 Å². The summed E-state index contributed by atoms with van der Waals surface area (Å²) in [6.07, 6.45) is 7.28. The molecule has 2 aliphatic carbocycles. The zero-order valence-corrected chi connectivity index (χ0v) is 15.4. The van der Waals surface area contributed by atoms with Gasteiger partial charge in [-0.1, -0.05) is 40.5 Å². The quantitative estimate of drug-likeness (QED) is 0.617. The molecule has 22 heavy (non-hydrogen) atoms. The molecule has 0 bridgehead atoms. The van der Waals surface area contributed by atoms with Gasteiger partial charge in [-0.15, -0.1) is 0 Å². The number of rotatable bonds is 7. The van der Waals surface area contributed by atoms with Crippen LogP contribution in [0.1, 0.15) is 80.1 Å². The zero-order chi connectivity index (χ0) is 16.7. The van der Waals surface area contributed by atoms with Crippen molar-refractivity contribution >= 4 is 11.6 Å². The van der Waals surface area contributed by atoms with Gasteiger partial charge in [-0.05, 0) is 62.2 Å². The molecule has 2 nitrogen and oxygen atoms in total. The van der Waals surface area contributed by atoms with Crippen LogP contribution >= 0.6 is 0 Å². The van der Waals surface area contributed by atoms with E-state index in [4.69, 9.17) is 0 Å². The SMILES string of the molecule is CC(=O)C1CC(CCCCC2CC(C(C)=O)C2(C)C)C1(C)C. The first kappa shape index (κ1) is 17.7. The predicted molar refractivity (Wildman–Crippen MR) is 90.6 cm³/mol. The van der Waals surface area contributed by atoms with Crippen LogP contribution in [0, 0.1) is 34.5 Å². The molecule has 2 fully saturated rings. The molecule has 2 heteroatoms. The van der Waals surface area contributed by atoms with Crippen molar-refractivity contribution in [2.45, 2.75) is 80.1 Å². The third kappa shape index (κ3) is 3.03. The number of carbonyl (C=O) groups is 2. The van der Waals surface area contributed by atoms with Crippen molar-refractivity contribution in [2.24, 2.45) is 34.5 Å². The molecule has 2 aliphatic rings. The van der Waals surface area contributed by atoms with Gasteiger partial charge < -0.3 is 0 Å². The van der Waals surface area contributed by atoms with E-state index in [-0.39, 0.29) is 10.8 Å². The van der Waals surface area contributed by atoms with Gasteiger partial charge in [0, 0.05) is 11.8 Å². The minimum absolute atomic E-state index is 0.210. The number of Topliss-reactive ketones (excluding diaryl/α,β-unsaturated/α-hetero) is 2. The summed E-state index contributed by atoms with van der Waals surface area (Å²) in [4.78, 5) is 23.2. The Labute approximate surface area is 136 Å². The van der Waals surface area contributed by atoms with Crippen LogP contribution < -0.4 is 0 Å². The number of unbranched alkanes of at least 4 members (excludes halogenated alkanes) is 1. The Morgan fingerprint density at radius 1 is 0.773 bits per heavy atom. The second-order valence-electron chi connectivity index (χ2n) is 9.12. The molecule has 0 heterocycles. The molecule has 0 saturated heterocycles. The molecular weight excluding hydrogens is 272 g/mol. The van der Waals surface area contributed by atoms with Gasteiger partial charge in [-0.2, -0.15) is 0 Å². The molecule has 0 aromatic carbocycles. The highest BCUT2D eigenvalue weighted by molar-refractivity contribution is 5.80. The van der Waals surface area contributed by atoms with Crippen LogP contribution in [0.3, 0.4) is 0 Å². The highest BCUT2D eigenvalue weighted by Gasteiger charge is 2.50. The number of hydrogen-bond acceptors (Lipinski definition) is 2. The lowest BCUT2D eigenvalue weighted by Crippen LogP contribution is -2.48. The van der Waals surface area contributed by atoms with Crippen LogP contribution in [0.2, 0.25) is 0 Å². The average Bonchev–Trinajstić information content (AvgIpc) is 2.38. The van der Waals surface area contributed by atoms with Crippen LogP contribution in [0.4, 0.5) is 0 Å². The molecule has 0 N–H and O–H groups in total. The second-order valence-corrected chi connectivity index (χ2v) is 9.12. The van der Waals surface area contributed by atoms with Gasteiger partial charge in [0.15, 0.2) is 0 Å². The third-order valence-electron chi connectivity index (χ3n) is 7.28. The van der Waals surface area contributed by atoms with E-state index in [9.17, 15) is 9.59 Å². The topological polar surface area (TPSA) is 34.1 Å². The Morgan fingerprint density at radius 3 is 1.32 bits per heavy atom. The fourth-order valence-electron chi connectivity index (χ4n) is 5.17. The number of carbonyl (C=O) groups excluding carboxylic acids is 2. The van der Waals surface area contributed by atoms with E-state index in [2.05, 4.69) is 27.7 Å². The Hall–Kier alpha value is -0.660. The summed E-state index contributed by atoms with van der Waals surface area (Å²) in [5, 5.41) is 0. The van der Waals surface area contributed by atoms with E-state index in [1.807, 2.05) is 0 Å². The second kappa shape index (κ2) is 6.09. The van der Waals surface area contributed by atoms with E-state index in [0.29, 0.717) is 23.4 Å². The van der Waals surface area contributed by atoms with Crippen molar-refractivity contribution in [1.29, 1.82) is 0 Å². The lowest BCUT2D eigenvalue weighted by Gasteiger charge is -2.52. The highest BCUT2D eigenvalue weighted by Crippen LogP contribution is 2.55. The summed E-state index contributed by atoms with van der Waals surface area (Å²) in [7, 11) is 0. The first-order valence-corrected chi connectivity index (χ1v) is 9.09. The van der Waals surface area contributed by atoms with Crippen molar-refractivity contribution in [3.63, 3.8) is 0 Å². The third-order valence-corrected chi connectivity index (χ3v) is 7.28. The Kier molecular flexibility index (Phi) is 4.90. The first-order valence-electron chi connectivity index (χ1n) is 9.09. The van der Waals surface area contributed by atoms with Crippen LogP contribution in [0.25, 0.3) is 0 Å². The highest BCUT2D eigenvalue weighted by atomic mass is 16.1.